The first-order valence-electron chi connectivity index (χ1n) is 7.13. The maximum Gasteiger partial charge on any atom is 0.267 e. The number of aromatic nitrogens is 1. The van der Waals surface area contributed by atoms with Gasteiger partial charge in [0.1, 0.15) is 5.69 Å². The van der Waals surface area contributed by atoms with Crippen molar-refractivity contribution in [2.75, 3.05) is 13.1 Å². The van der Waals surface area contributed by atoms with Crippen LogP contribution in [0.5, 0.6) is 0 Å². The molecule has 2 fully saturated rings. The minimum absolute atomic E-state index is 0.0515. The fourth-order valence-electron chi connectivity index (χ4n) is 2.74. The topological polar surface area (TPSA) is 46.1 Å². The predicted molar refractivity (Wildman–Crippen MR) is 78.4 cm³/mol. The van der Waals surface area contributed by atoms with E-state index in [0.29, 0.717) is 12.1 Å². The molecule has 104 valence electrons. The highest BCUT2D eigenvalue weighted by Crippen LogP contribution is 2.37. The lowest BCUT2D eigenvalue weighted by Crippen LogP contribution is -2.31. The Hall–Kier alpha value is -0.810. The minimum Gasteiger partial charge on any atom is -0.351 e. The largest absolute Gasteiger partial charge is 0.351 e. The molecule has 19 heavy (non-hydrogen) atoms. The van der Waals surface area contributed by atoms with Crippen molar-refractivity contribution >= 4 is 21.8 Å². The highest BCUT2D eigenvalue weighted by atomic mass is 79.9. The standard InChI is InChI=1S/C14H20BrN3O/c15-10-8-13(18(9-10)12-3-4-12)14(19)17-7-5-11-2-1-6-16-11/h8-9,11-12,16H,1-7H2,(H,17,19). The molecule has 2 heterocycles. The van der Waals surface area contributed by atoms with Crippen LogP contribution in [0.25, 0.3) is 0 Å². The summed E-state index contributed by atoms with van der Waals surface area (Å²) < 4.78 is 3.09. The first kappa shape index (κ1) is 13.2. The zero-order chi connectivity index (χ0) is 13.2. The van der Waals surface area contributed by atoms with Gasteiger partial charge in [-0.3, -0.25) is 4.79 Å². The Morgan fingerprint density at radius 1 is 1.47 bits per heavy atom. The number of nitrogens with zero attached hydrogens (tertiary/aromatic N) is 1. The van der Waals surface area contributed by atoms with Crippen molar-refractivity contribution < 1.29 is 4.79 Å². The van der Waals surface area contributed by atoms with E-state index in [1.165, 1.54) is 25.7 Å². The van der Waals surface area contributed by atoms with Crippen LogP contribution in [0.4, 0.5) is 0 Å². The Labute approximate surface area is 122 Å². The van der Waals surface area contributed by atoms with Crippen LogP contribution in [-0.2, 0) is 0 Å². The van der Waals surface area contributed by atoms with Crippen LogP contribution in [0.2, 0.25) is 0 Å². The molecule has 0 bridgehead atoms. The van der Waals surface area contributed by atoms with E-state index in [-0.39, 0.29) is 5.91 Å². The predicted octanol–water partition coefficient (Wildman–Crippen LogP) is 2.46. The zero-order valence-electron chi connectivity index (χ0n) is 11.0. The number of carbonyl (C=O) groups excluding carboxylic acids is 1. The second kappa shape index (κ2) is 5.67. The van der Waals surface area contributed by atoms with Crippen LogP contribution in [0.1, 0.15) is 48.6 Å². The van der Waals surface area contributed by atoms with Crippen LogP contribution in [0.15, 0.2) is 16.7 Å². The van der Waals surface area contributed by atoms with E-state index < -0.39 is 0 Å². The molecule has 1 aliphatic carbocycles. The second-order valence-electron chi connectivity index (χ2n) is 5.52. The zero-order valence-corrected chi connectivity index (χ0v) is 12.6. The van der Waals surface area contributed by atoms with E-state index in [4.69, 9.17) is 0 Å². The number of halogens is 1. The summed E-state index contributed by atoms with van der Waals surface area (Å²) in [5.41, 5.74) is 0.786. The van der Waals surface area contributed by atoms with Crippen molar-refractivity contribution in [3.63, 3.8) is 0 Å². The smallest absolute Gasteiger partial charge is 0.267 e. The van der Waals surface area contributed by atoms with Gasteiger partial charge in [0.15, 0.2) is 0 Å². The summed E-state index contributed by atoms with van der Waals surface area (Å²) in [6.07, 6.45) is 7.92. The van der Waals surface area contributed by atoms with Crippen molar-refractivity contribution in [3.05, 3.63) is 22.4 Å². The molecule has 2 aliphatic rings. The molecule has 0 radical (unpaired) electrons. The summed E-state index contributed by atoms with van der Waals surface area (Å²) in [6, 6.07) is 3.03. The van der Waals surface area contributed by atoms with Gasteiger partial charge in [0, 0.05) is 29.3 Å². The fraction of sp³-hybridized carbons (Fsp3) is 0.643. The summed E-state index contributed by atoms with van der Waals surface area (Å²) in [4.78, 5) is 12.2. The first-order chi connectivity index (χ1) is 9.24. The van der Waals surface area contributed by atoms with Crippen molar-refractivity contribution in [3.8, 4) is 0 Å². The summed E-state index contributed by atoms with van der Waals surface area (Å²) in [5, 5.41) is 6.49. The molecule has 1 saturated carbocycles. The molecular weight excluding hydrogens is 306 g/mol. The summed E-state index contributed by atoms with van der Waals surface area (Å²) in [5.74, 6) is 0.0515. The van der Waals surface area contributed by atoms with Gasteiger partial charge in [-0.1, -0.05) is 0 Å². The van der Waals surface area contributed by atoms with E-state index in [0.717, 1.165) is 29.7 Å². The van der Waals surface area contributed by atoms with Crippen LogP contribution >= 0.6 is 15.9 Å². The molecule has 5 heteroatoms. The summed E-state index contributed by atoms with van der Waals surface area (Å²) in [7, 11) is 0. The second-order valence-corrected chi connectivity index (χ2v) is 6.44. The van der Waals surface area contributed by atoms with Crippen LogP contribution in [0.3, 0.4) is 0 Å². The van der Waals surface area contributed by atoms with Gasteiger partial charge in [0.05, 0.1) is 0 Å². The molecule has 3 rings (SSSR count). The number of hydrogen-bond acceptors (Lipinski definition) is 2. The van der Waals surface area contributed by atoms with E-state index in [2.05, 4.69) is 31.1 Å². The Kier molecular flexibility index (Phi) is 3.93. The first-order valence-corrected chi connectivity index (χ1v) is 7.92. The highest BCUT2D eigenvalue weighted by Gasteiger charge is 2.27. The number of nitrogens with one attached hydrogen (secondary N) is 2. The SMILES string of the molecule is O=C(NCCC1CCCN1)c1cc(Br)cn1C1CC1. The van der Waals surface area contributed by atoms with E-state index in [1.54, 1.807) is 0 Å². The van der Waals surface area contributed by atoms with Gasteiger partial charge in [-0.15, -0.1) is 0 Å². The molecule has 4 nitrogen and oxygen atoms in total. The van der Waals surface area contributed by atoms with Gasteiger partial charge in [0.25, 0.3) is 5.91 Å². The molecular formula is C14H20BrN3O. The summed E-state index contributed by atoms with van der Waals surface area (Å²) >= 11 is 3.46. The van der Waals surface area contributed by atoms with Crippen molar-refractivity contribution in [1.82, 2.24) is 15.2 Å². The van der Waals surface area contributed by atoms with Gasteiger partial charge in [0.2, 0.25) is 0 Å². The number of carbonyl (C=O) groups is 1. The van der Waals surface area contributed by atoms with Crippen LogP contribution in [-0.4, -0.2) is 29.6 Å². The molecule has 1 unspecified atom stereocenters. The van der Waals surface area contributed by atoms with E-state index in [1.807, 2.05) is 12.3 Å². The quantitative estimate of drug-likeness (QED) is 0.873. The molecule has 0 spiro atoms. The average molecular weight is 326 g/mol. The van der Waals surface area contributed by atoms with E-state index >= 15 is 0 Å². The average Bonchev–Trinajstić information content (AvgIpc) is 2.96. The number of amides is 1. The fourth-order valence-corrected chi connectivity index (χ4v) is 3.17. The normalized spacial score (nSPS) is 22.7. The van der Waals surface area contributed by atoms with Gasteiger partial charge < -0.3 is 15.2 Å². The minimum atomic E-state index is 0.0515. The molecule has 0 aromatic carbocycles. The lowest BCUT2D eigenvalue weighted by atomic mass is 10.1. The third-order valence-corrected chi connectivity index (χ3v) is 4.36. The van der Waals surface area contributed by atoms with Gasteiger partial charge in [-0.25, -0.2) is 0 Å². The van der Waals surface area contributed by atoms with Gasteiger partial charge >= 0.3 is 0 Å². The van der Waals surface area contributed by atoms with Crippen LogP contribution in [0, 0.1) is 0 Å². The molecule has 1 aromatic rings. The number of hydrogen-bond donors (Lipinski definition) is 2. The monoisotopic (exact) mass is 325 g/mol. The van der Waals surface area contributed by atoms with Gasteiger partial charge in [-0.05, 0) is 60.6 Å². The Bertz CT molecular complexity index is 461. The molecule has 1 aromatic heterocycles. The third kappa shape index (κ3) is 3.20. The Morgan fingerprint density at radius 3 is 3.00 bits per heavy atom. The maximum absolute atomic E-state index is 12.2. The molecule has 2 N–H and O–H groups in total. The highest BCUT2D eigenvalue weighted by molar-refractivity contribution is 9.10. The molecule has 1 amide bonds. The molecule has 1 atom stereocenters. The lowest BCUT2D eigenvalue weighted by Gasteiger charge is -2.12. The van der Waals surface area contributed by atoms with Crippen molar-refractivity contribution in [2.24, 2.45) is 0 Å². The molecule has 1 saturated heterocycles. The van der Waals surface area contributed by atoms with Crippen LogP contribution < -0.4 is 10.6 Å². The number of rotatable bonds is 5. The van der Waals surface area contributed by atoms with E-state index in [9.17, 15) is 4.79 Å². The lowest BCUT2D eigenvalue weighted by molar-refractivity contribution is 0.0943. The third-order valence-electron chi connectivity index (χ3n) is 3.93. The maximum atomic E-state index is 12.2. The Morgan fingerprint density at radius 2 is 2.32 bits per heavy atom. The summed E-state index contributed by atoms with van der Waals surface area (Å²) in [6.45, 7) is 1.88. The van der Waals surface area contributed by atoms with Crippen molar-refractivity contribution in [1.29, 1.82) is 0 Å². The molecule has 1 aliphatic heterocycles. The Balaban J connectivity index is 1.54. The van der Waals surface area contributed by atoms with Crippen molar-refractivity contribution in [2.45, 2.75) is 44.2 Å². The van der Waals surface area contributed by atoms with Gasteiger partial charge in [-0.2, -0.15) is 0 Å².